The third kappa shape index (κ3) is 4.34. The highest BCUT2D eigenvalue weighted by Gasteiger charge is 2.15. The van der Waals surface area contributed by atoms with E-state index >= 15 is 0 Å². The lowest BCUT2D eigenvalue weighted by atomic mass is 10.1. The van der Waals surface area contributed by atoms with Gasteiger partial charge in [0, 0.05) is 24.5 Å². The Morgan fingerprint density at radius 2 is 1.85 bits per heavy atom. The van der Waals surface area contributed by atoms with Crippen LogP contribution in [-0.4, -0.2) is 39.7 Å². The molecule has 0 fully saturated rings. The van der Waals surface area contributed by atoms with Crippen LogP contribution in [-0.2, 0) is 13.1 Å². The third-order valence-corrected chi connectivity index (χ3v) is 4.47. The number of fused-ring (bicyclic) bond motifs is 1. The van der Waals surface area contributed by atoms with Gasteiger partial charge in [-0.15, -0.1) is 0 Å². The number of nitrogens with zero attached hydrogens (tertiary/aromatic N) is 4. The fourth-order valence-corrected chi connectivity index (χ4v) is 3.08. The number of aryl methyl sites for hydroxylation is 1. The van der Waals surface area contributed by atoms with E-state index < -0.39 is 0 Å². The number of hydrogen-bond acceptors (Lipinski definition) is 4. The molecule has 0 bridgehead atoms. The third-order valence-electron chi connectivity index (χ3n) is 4.47. The van der Waals surface area contributed by atoms with Crippen molar-refractivity contribution in [2.24, 2.45) is 0 Å². The van der Waals surface area contributed by atoms with Crippen LogP contribution in [0.25, 0.3) is 11.0 Å². The Morgan fingerprint density at radius 1 is 1.19 bits per heavy atom. The van der Waals surface area contributed by atoms with Gasteiger partial charge in [0.25, 0.3) is 5.91 Å². The summed E-state index contributed by atoms with van der Waals surface area (Å²) in [5, 5.41) is 8.25. The summed E-state index contributed by atoms with van der Waals surface area (Å²) in [7, 11) is 4.10. The van der Waals surface area contributed by atoms with Gasteiger partial charge < -0.3 is 10.2 Å². The number of nitrogens with one attached hydrogen (secondary N) is 1. The number of carbonyl (C=O) groups is 1. The quantitative estimate of drug-likeness (QED) is 0.728. The van der Waals surface area contributed by atoms with Crippen molar-refractivity contribution in [2.75, 3.05) is 14.1 Å². The highest BCUT2D eigenvalue weighted by molar-refractivity contribution is 5.98. The van der Waals surface area contributed by atoms with Gasteiger partial charge in [-0.2, -0.15) is 5.10 Å². The fourth-order valence-electron chi connectivity index (χ4n) is 3.08. The van der Waals surface area contributed by atoms with Crippen LogP contribution in [0.2, 0.25) is 0 Å². The van der Waals surface area contributed by atoms with E-state index in [4.69, 9.17) is 0 Å². The molecule has 0 radical (unpaired) electrons. The average molecular weight is 365 g/mol. The Morgan fingerprint density at radius 3 is 2.48 bits per heavy atom. The summed E-state index contributed by atoms with van der Waals surface area (Å²) < 4.78 is 1.87. The Kier molecular flexibility index (Phi) is 5.56. The first-order valence-electron chi connectivity index (χ1n) is 9.20. The number of amides is 1. The first kappa shape index (κ1) is 19.0. The van der Waals surface area contributed by atoms with Crippen LogP contribution in [0.1, 0.15) is 47.1 Å². The van der Waals surface area contributed by atoms with E-state index in [-0.39, 0.29) is 11.9 Å². The molecule has 3 aromatic rings. The molecule has 0 saturated carbocycles. The number of benzene rings is 1. The minimum Gasteiger partial charge on any atom is -0.348 e. The summed E-state index contributed by atoms with van der Waals surface area (Å²) >= 11 is 0. The second-order valence-electron chi connectivity index (χ2n) is 7.45. The predicted octanol–water partition coefficient (Wildman–Crippen LogP) is 3.31. The molecule has 0 aliphatic carbocycles. The van der Waals surface area contributed by atoms with Crippen molar-refractivity contribution < 1.29 is 4.79 Å². The lowest BCUT2D eigenvalue weighted by Gasteiger charge is -2.11. The van der Waals surface area contributed by atoms with E-state index in [9.17, 15) is 4.79 Å². The van der Waals surface area contributed by atoms with Gasteiger partial charge in [0.05, 0.1) is 17.5 Å². The van der Waals surface area contributed by atoms with Crippen LogP contribution < -0.4 is 5.32 Å². The molecule has 0 unspecified atom stereocenters. The normalized spacial score (nSPS) is 11.5. The van der Waals surface area contributed by atoms with Crippen molar-refractivity contribution in [3.05, 3.63) is 58.9 Å². The molecule has 1 amide bonds. The molecule has 6 heteroatoms. The van der Waals surface area contributed by atoms with Gasteiger partial charge in [-0.1, -0.05) is 24.3 Å². The first-order chi connectivity index (χ1) is 12.8. The first-order valence-corrected chi connectivity index (χ1v) is 9.20. The molecule has 1 aromatic carbocycles. The zero-order valence-corrected chi connectivity index (χ0v) is 16.7. The molecule has 1 N–H and O–H groups in total. The molecule has 142 valence electrons. The molecule has 27 heavy (non-hydrogen) atoms. The minimum absolute atomic E-state index is 0.114. The molecule has 2 aromatic heterocycles. The largest absolute Gasteiger partial charge is 0.348 e. The molecule has 0 aliphatic rings. The molecular formula is C21H27N5O. The summed E-state index contributed by atoms with van der Waals surface area (Å²) in [6, 6.07) is 10.4. The second kappa shape index (κ2) is 7.88. The average Bonchev–Trinajstić information content (AvgIpc) is 3.02. The molecule has 3 rings (SSSR count). The van der Waals surface area contributed by atoms with E-state index in [2.05, 4.69) is 58.4 Å². The summed E-state index contributed by atoms with van der Waals surface area (Å²) in [4.78, 5) is 19.4. The van der Waals surface area contributed by atoms with Crippen molar-refractivity contribution >= 4 is 16.9 Å². The van der Waals surface area contributed by atoms with Crippen molar-refractivity contribution in [2.45, 2.75) is 39.9 Å². The topological polar surface area (TPSA) is 63.1 Å². The van der Waals surface area contributed by atoms with Crippen LogP contribution in [0.5, 0.6) is 0 Å². The minimum atomic E-state index is -0.114. The van der Waals surface area contributed by atoms with E-state index in [0.717, 1.165) is 23.1 Å². The summed E-state index contributed by atoms with van der Waals surface area (Å²) in [5.74, 6) is -0.114. The van der Waals surface area contributed by atoms with Gasteiger partial charge in [0.15, 0.2) is 5.65 Å². The van der Waals surface area contributed by atoms with Crippen molar-refractivity contribution in [1.82, 2.24) is 25.0 Å². The molecule has 2 heterocycles. The second-order valence-corrected chi connectivity index (χ2v) is 7.45. The van der Waals surface area contributed by atoms with Crippen LogP contribution in [0, 0.1) is 6.92 Å². The lowest BCUT2D eigenvalue weighted by molar-refractivity contribution is 0.0950. The summed E-state index contributed by atoms with van der Waals surface area (Å²) in [6.07, 6.45) is 1.77. The standard InChI is InChI=1S/C21H27N5O/c1-14(2)26-20-18(12-23-26)10-19(15(3)24-20)21(27)22-11-16-6-8-17(9-7-16)13-25(4)5/h6-10,12,14H,11,13H2,1-5H3,(H,22,27). The van der Waals surface area contributed by atoms with E-state index in [0.29, 0.717) is 17.8 Å². The molecule has 0 atom stereocenters. The van der Waals surface area contributed by atoms with Crippen molar-refractivity contribution in [1.29, 1.82) is 0 Å². The highest BCUT2D eigenvalue weighted by Crippen LogP contribution is 2.19. The fraction of sp³-hybridized carbons (Fsp3) is 0.381. The lowest BCUT2D eigenvalue weighted by Crippen LogP contribution is -2.24. The molecule has 0 spiro atoms. The SMILES string of the molecule is Cc1nc2c(cnn2C(C)C)cc1C(=O)NCc1ccc(CN(C)C)cc1. The molecule has 6 nitrogen and oxygen atoms in total. The van der Waals surface area contributed by atoms with Crippen LogP contribution in [0.3, 0.4) is 0 Å². The number of hydrogen-bond donors (Lipinski definition) is 1. The predicted molar refractivity (Wildman–Crippen MR) is 108 cm³/mol. The van der Waals surface area contributed by atoms with Gasteiger partial charge in [0.1, 0.15) is 0 Å². The van der Waals surface area contributed by atoms with Gasteiger partial charge in [0.2, 0.25) is 0 Å². The molecular weight excluding hydrogens is 338 g/mol. The Hall–Kier alpha value is -2.73. The monoisotopic (exact) mass is 365 g/mol. The highest BCUT2D eigenvalue weighted by atomic mass is 16.1. The zero-order valence-electron chi connectivity index (χ0n) is 16.7. The Labute approximate surface area is 160 Å². The van der Waals surface area contributed by atoms with Crippen LogP contribution in [0.15, 0.2) is 36.5 Å². The van der Waals surface area contributed by atoms with Crippen molar-refractivity contribution in [3.8, 4) is 0 Å². The molecule has 0 saturated heterocycles. The number of pyridine rings is 1. The van der Waals surface area contributed by atoms with E-state index in [1.807, 2.05) is 31.8 Å². The Balaban J connectivity index is 1.71. The van der Waals surface area contributed by atoms with E-state index in [1.54, 1.807) is 6.20 Å². The summed E-state index contributed by atoms with van der Waals surface area (Å²) in [5.41, 5.74) is 4.45. The van der Waals surface area contributed by atoms with Gasteiger partial charge >= 0.3 is 0 Å². The van der Waals surface area contributed by atoms with E-state index in [1.165, 1.54) is 5.56 Å². The van der Waals surface area contributed by atoms with Crippen LogP contribution in [0.4, 0.5) is 0 Å². The van der Waals surface area contributed by atoms with Gasteiger partial charge in [-0.3, -0.25) is 4.79 Å². The maximum Gasteiger partial charge on any atom is 0.253 e. The number of aromatic nitrogens is 3. The van der Waals surface area contributed by atoms with Gasteiger partial charge in [-0.05, 0) is 52.1 Å². The smallest absolute Gasteiger partial charge is 0.253 e. The number of carbonyl (C=O) groups excluding carboxylic acids is 1. The maximum atomic E-state index is 12.7. The number of rotatable bonds is 6. The zero-order chi connectivity index (χ0) is 19.6. The summed E-state index contributed by atoms with van der Waals surface area (Å²) in [6.45, 7) is 7.38. The van der Waals surface area contributed by atoms with Crippen LogP contribution >= 0.6 is 0 Å². The molecule has 0 aliphatic heterocycles. The van der Waals surface area contributed by atoms with Crippen molar-refractivity contribution in [3.63, 3.8) is 0 Å². The van der Waals surface area contributed by atoms with Gasteiger partial charge in [-0.25, -0.2) is 9.67 Å². The maximum absolute atomic E-state index is 12.7. The Bertz CT molecular complexity index is 941.